The highest BCUT2D eigenvalue weighted by Crippen LogP contribution is 2.04. The number of hydrogen-bond donors (Lipinski definition) is 1. The Labute approximate surface area is 116 Å². The van der Waals surface area contributed by atoms with Gasteiger partial charge in [0.2, 0.25) is 0 Å². The Kier molecular flexibility index (Phi) is 4.07. The van der Waals surface area contributed by atoms with Crippen molar-refractivity contribution >= 4 is 17.5 Å². The van der Waals surface area contributed by atoms with Crippen LogP contribution in [-0.4, -0.2) is 52.9 Å². The molecule has 0 spiro atoms. The number of likely N-dealkylation sites (N-methyl/N-ethyl adjacent to an activating group) is 1. The minimum atomic E-state index is -0.475. The van der Waals surface area contributed by atoms with Crippen molar-refractivity contribution < 1.29 is 9.59 Å². The summed E-state index contributed by atoms with van der Waals surface area (Å²) in [5, 5.41) is 0. The SMILES string of the molecule is CN1CCN(CCCn2cc(N)ccc2=O)C(=O)C1=O. The van der Waals surface area contributed by atoms with Gasteiger partial charge in [-0.25, -0.2) is 0 Å². The molecule has 20 heavy (non-hydrogen) atoms. The molecule has 2 N–H and O–H groups in total. The molecular formula is C13H18N4O3. The van der Waals surface area contributed by atoms with Gasteiger partial charge in [0.1, 0.15) is 0 Å². The molecule has 108 valence electrons. The molecule has 0 unspecified atom stereocenters. The van der Waals surface area contributed by atoms with Crippen LogP contribution in [0.1, 0.15) is 6.42 Å². The normalized spacial score (nSPS) is 15.8. The van der Waals surface area contributed by atoms with E-state index in [1.807, 2.05) is 0 Å². The van der Waals surface area contributed by atoms with Gasteiger partial charge in [0.15, 0.2) is 0 Å². The van der Waals surface area contributed by atoms with Crippen molar-refractivity contribution in [2.45, 2.75) is 13.0 Å². The number of nitrogen functional groups attached to an aromatic ring is 1. The van der Waals surface area contributed by atoms with E-state index in [0.29, 0.717) is 38.3 Å². The molecule has 0 radical (unpaired) electrons. The summed E-state index contributed by atoms with van der Waals surface area (Å²) in [5.74, 6) is -0.948. The molecule has 2 heterocycles. The largest absolute Gasteiger partial charge is 0.398 e. The first-order chi connectivity index (χ1) is 9.49. The van der Waals surface area contributed by atoms with Crippen molar-refractivity contribution in [1.29, 1.82) is 0 Å². The number of aryl methyl sites for hydroxylation is 1. The van der Waals surface area contributed by atoms with Gasteiger partial charge in [-0.05, 0) is 12.5 Å². The highest BCUT2D eigenvalue weighted by atomic mass is 16.2. The van der Waals surface area contributed by atoms with Crippen molar-refractivity contribution in [1.82, 2.24) is 14.4 Å². The van der Waals surface area contributed by atoms with Gasteiger partial charge < -0.3 is 20.1 Å². The maximum atomic E-state index is 11.7. The van der Waals surface area contributed by atoms with Gasteiger partial charge in [0.05, 0.1) is 0 Å². The van der Waals surface area contributed by atoms with Crippen molar-refractivity contribution in [3.8, 4) is 0 Å². The third-order valence-corrected chi connectivity index (χ3v) is 3.36. The quantitative estimate of drug-likeness (QED) is 0.724. The third-order valence-electron chi connectivity index (χ3n) is 3.36. The van der Waals surface area contributed by atoms with Crippen LogP contribution in [0.15, 0.2) is 23.1 Å². The Morgan fingerprint density at radius 2 is 1.85 bits per heavy atom. The van der Waals surface area contributed by atoms with Crippen LogP contribution in [0.4, 0.5) is 5.69 Å². The molecule has 2 rings (SSSR count). The second-order valence-corrected chi connectivity index (χ2v) is 4.87. The number of hydrogen-bond acceptors (Lipinski definition) is 4. The first-order valence-corrected chi connectivity index (χ1v) is 6.49. The van der Waals surface area contributed by atoms with E-state index in [2.05, 4.69) is 0 Å². The van der Waals surface area contributed by atoms with Crippen LogP contribution < -0.4 is 11.3 Å². The molecule has 1 aromatic rings. The van der Waals surface area contributed by atoms with Gasteiger partial charge in [-0.15, -0.1) is 0 Å². The molecule has 0 atom stereocenters. The van der Waals surface area contributed by atoms with Crippen LogP contribution in [0.25, 0.3) is 0 Å². The molecule has 7 heteroatoms. The summed E-state index contributed by atoms with van der Waals surface area (Å²) >= 11 is 0. The fourth-order valence-electron chi connectivity index (χ4n) is 2.14. The number of piperazine rings is 1. The van der Waals surface area contributed by atoms with E-state index >= 15 is 0 Å². The molecule has 0 aromatic carbocycles. The summed E-state index contributed by atoms with van der Waals surface area (Å²) in [7, 11) is 1.61. The van der Waals surface area contributed by atoms with E-state index in [4.69, 9.17) is 5.73 Å². The Morgan fingerprint density at radius 3 is 2.60 bits per heavy atom. The zero-order valence-electron chi connectivity index (χ0n) is 11.4. The fraction of sp³-hybridized carbons (Fsp3) is 0.462. The van der Waals surface area contributed by atoms with Crippen LogP contribution in [0.5, 0.6) is 0 Å². The van der Waals surface area contributed by atoms with E-state index < -0.39 is 11.8 Å². The van der Waals surface area contributed by atoms with Crippen LogP contribution in [0.2, 0.25) is 0 Å². The van der Waals surface area contributed by atoms with Crippen molar-refractivity contribution in [2.75, 3.05) is 32.4 Å². The van der Waals surface area contributed by atoms with Crippen molar-refractivity contribution in [3.05, 3.63) is 28.7 Å². The highest BCUT2D eigenvalue weighted by molar-refractivity contribution is 6.35. The number of anilines is 1. The molecule has 1 aromatic heterocycles. The lowest BCUT2D eigenvalue weighted by molar-refractivity contribution is -0.154. The van der Waals surface area contributed by atoms with Crippen LogP contribution >= 0.6 is 0 Å². The first-order valence-electron chi connectivity index (χ1n) is 6.49. The number of pyridine rings is 1. The lowest BCUT2D eigenvalue weighted by atomic mass is 10.2. The minimum Gasteiger partial charge on any atom is -0.398 e. The number of carbonyl (C=O) groups excluding carboxylic acids is 2. The van der Waals surface area contributed by atoms with E-state index in [9.17, 15) is 14.4 Å². The Balaban J connectivity index is 1.90. The minimum absolute atomic E-state index is 0.125. The predicted molar refractivity (Wildman–Crippen MR) is 73.9 cm³/mol. The highest BCUT2D eigenvalue weighted by Gasteiger charge is 2.29. The zero-order chi connectivity index (χ0) is 14.7. The summed E-state index contributed by atoms with van der Waals surface area (Å²) in [6.45, 7) is 2.01. The van der Waals surface area contributed by atoms with Crippen molar-refractivity contribution in [3.63, 3.8) is 0 Å². The number of nitrogens with zero attached hydrogens (tertiary/aromatic N) is 3. The molecule has 0 bridgehead atoms. The average molecular weight is 278 g/mol. The maximum Gasteiger partial charge on any atom is 0.312 e. The first kappa shape index (κ1) is 14.1. The van der Waals surface area contributed by atoms with E-state index in [1.165, 1.54) is 20.4 Å². The Morgan fingerprint density at radius 1 is 1.10 bits per heavy atom. The number of nitrogens with two attached hydrogens (primary N) is 1. The Bertz CT molecular complexity index is 581. The van der Waals surface area contributed by atoms with Crippen LogP contribution in [0, 0.1) is 0 Å². The lowest BCUT2D eigenvalue weighted by Crippen LogP contribution is -2.53. The lowest BCUT2D eigenvalue weighted by Gasteiger charge is -2.31. The molecule has 1 aliphatic rings. The molecule has 1 saturated heterocycles. The van der Waals surface area contributed by atoms with E-state index in [-0.39, 0.29) is 5.56 Å². The maximum absolute atomic E-state index is 11.7. The smallest absolute Gasteiger partial charge is 0.312 e. The molecule has 2 amide bonds. The summed E-state index contributed by atoms with van der Waals surface area (Å²) in [4.78, 5) is 37.8. The second-order valence-electron chi connectivity index (χ2n) is 4.87. The van der Waals surface area contributed by atoms with Crippen molar-refractivity contribution in [2.24, 2.45) is 0 Å². The summed E-state index contributed by atoms with van der Waals surface area (Å²) in [6.07, 6.45) is 2.19. The topological polar surface area (TPSA) is 88.6 Å². The molecule has 7 nitrogen and oxygen atoms in total. The van der Waals surface area contributed by atoms with Crippen LogP contribution in [0.3, 0.4) is 0 Å². The second kappa shape index (κ2) is 5.77. The standard InChI is InChI=1S/C13H18N4O3/c1-15-7-8-16(13(20)12(15)19)5-2-6-17-9-10(14)3-4-11(17)18/h3-4,9H,2,5-8,14H2,1H3. The summed E-state index contributed by atoms with van der Waals surface area (Å²) in [5.41, 5.74) is 6.02. The van der Waals surface area contributed by atoms with E-state index in [0.717, 1.165) is 0 Å². The van der Waals surface area contributed by atoms with Gasteiger partial charge in [0, 0.05) is 51.2 Å². The number of amides is 2. The number of carbonyl (C=O) groups is 2. The monoisotopic (exact) mass is 278 g/mol. The zero-order valence-corrected chi connectivity index (χ0v) is 11.4. The molecule has 0 saturated carbocycles. The molecule has 0 aliphatic carbocycles. The summed E-state index contributed by atoms with van der Waals surface area (Å²) in [6, 6.07) is 2.97. The number of aromatic nitrogens is 1. The van der Waals surface area contributed by atoms with Gasteiger partial charge >= 0.3 is 11.8 Å². The molecule has 1 aliphatic heterocycles. The Hall–Kier alpha value is -2.31. The van der Waals surface area contributed by atoms with Crippen LogP contribution in [-0.2, 0) is 16.1 Å². The molecular weight excluding hydrogens is 260 g/mol. The summed E-state index contributed by atoms with van der Waals surface area (Å²) < 4.78 is 1.51. The predicted octanol–water partition coefficient (Wildman–Crippen LogP) is -0.879. The van der Waals surface area contributed by atoms with Gasteiger partial charge in [-0.3, -0.25) is 14.4 Å². The third kappa shape index (κ3) is 2.98. The van der Waals surface area contributed by atoms with Gasteiger partial charge in [-0.2, -0.15) is 0 Å². The fourth-order valence-corrected chi connectivity index (χ4v) is 2.14. The van der Waals surface area contributed by atoms with E-state index in [1.54, 1.807) is 19.3 Å². The van der Waals surface area contributed by atoms with Gasteiger partial charge in [-0.1, -0.05) is 0 Å². The molecule has 1 fully saturated rings. The number of rotatable bonds is 4. The average Bonchev–Trinajstić information content (AvgIpc) is 2.42. The van der Waals surface area contributed by atoms with Gasteiger partial charge in [0.25, 0.3) is 5.56 Å².